The number of amides is 2. The first kappa shape index (κ1) is 20.8. The largest absolute Gasteiger partial charge is 0.462 e. The van der Waals surface area contributed by atoms with E-state index in [1.807, 2.05) is 13.8 Å². The summed E-state index contributed by atoms with van der Waals surface area (Å²) in [5.74, 6) is 0.500. The first-order valence-corrected chi connectivity index (χ1v) is 11.1. The molecule has 2 aliphatic carbocycles. The third kappa shape index (κ3) is 3.81. The van der Waals surface area contributed by atoms with Crippen LogP contribution in [0.2, 0.25) is 0 Å². The highest BCUT2D eigenvalue weighted by molar-refractivity contribution is 7.18. The van der Waals surface area contributed by atoms with Crippen LogP contribution in [0.4, 0.5) is 5.00 Å². The van der Waals surface area contributed by atoms with Crippen LogP contribution in [0.25, 0.3) is 0 Å². The third-order valence-corrected chi connectivity index (χ3v) is 7.38. The number of carbonyl (C=O) groups is 3. The second-order valence-electron chi connectivity index (χ2n) is 7.73. The van der Waals surface area contributed by atoms with Gasteiger partial charge in [-0.2, -0.15) is 0 Å². The van der Waals surface area contributed by atoms with E-state index in [1.165, 1.54) is 17.8 Å². The van der Waals surface area contributed by atoms with E-state index in [-0.39, 0.29) is 24.3 Å². The van der Waals surface area contributed by atoms with Crippen LogP contribution in [0, 0.1) is 24.7 Å². The van der Waals surface area contributed by atoms with E-state index in [4.69, 9.17) is 4.74 Å². The van der Waals surface area contributed by atoms with Gasteiger partial charge in [0.15, 0.2) is 0 Å². The summed E-state index contributed by atoms with van der Waals surface area (Å²) in [5.41, 5.74) is 0.905. The normalized spacial score (nSPS) is 22.9. The predicted molar refractivity (Wildman–Crippen MR) is 110 cm³/mol. The number of nitrogens with one attached hydrogen (secondary N) is 1. The van der Waals surface area contributed by atoms with Crippen molar-refractivity contribution in [3.63, 3.8) is 0 Å². The molecule has 3 rings (SSSR count). The molecule has 2 saturated carbocycles. The van der Waals surface area contributed by atoms with Gasteiger partial charge in [-0.15, -0.1) is 11.3 Å². The number of ether oxygens (including phenoxy) is 1. The fraction of sp³-hybridized carbons (Fsp3) is 0.667. The maximum Gasteiger partial charge on any atom is 0.341 e. The monoisotopic (exact) mass is 406 g/mol. The summed E-state index contributed by atoms with van der Waals surface area (Å²) in [5, 5.41) is 3.42. The number of esters is 1. The number of hydrogen-bond donors (Lipinski definition) is 1. The molecule has 0 unspecified atom stereocenters. The number of rotatable bonds is 7. The van der Waals surface area contributed by atoms with E-state index >= 15 is 0 Å². The summed E-state index contributed by atoms with van der Waals surface area (Å²) in [4.78, 5) is 40.6. The van der Waals surface area contributed by atoms with Gasteiger partial charge in [0, 0.05) is 19.0 Å². The van der Waals surface area contributed by atoms with Crippen LogP contribution in [0.15, 0.2) is 0 Å². The smallest absolute Gasteiger partial charge is 0.341 e. The molecular formula is C21H30N2O4S. The highest BCUT2D eigenvalue weighted by atomic mass is 32.1. The molecule has 2 fully saturated rings. The average Bonchev–Trinajstić information content (AvgIpc) is 3.37. The number of fused-ring (bicyclic) bond motifs is 2. The second-order valence-corrected chi connectivity index (χ2v) is 8.75. The molecule has 1 N–H and O–H groups in total. The summed E-state index contributed by atoms with van der Waals surface area (Å²) >= 11 is 1.19. The molecule has 28 heavy (non-hydrogen) atoms. The summed E-state index contributed by atoms with van der Waals surface area (Å²) in [6.45, 7) is 8.78. The minimum absolute atomic E-state index is 0.0122. The van der Waals surface area contributed by atoms with Gasteiger partial charge >= 0.3 is 5.97 Å². The zero-order chi connectivity index (χ0) is 20.4. The molecule has 2 amide bonds. The van der Waals surface area contributed by atoms with E-state index in [9.17, 15) is 14.4 Å². The van der Waals surface area contributed by atoms with Crippen molar-refractivity contribution < 1.29 is 19.1 Å². The van der Waals surface area contributed by atoms with Crippen molar-refractivity contribution in [2.75, 3.05) is 25.0 Å². The van der Waals surface area contributed by atoms with Crippen LogP contribution in [-0.4, -0.2) is 42.4 Å². The van der Waals surface area contributed by atoms with E-state index < -0.39 is 5.97 Å². The fourth-order valence-corrected chi connectivity index (χ4v) is 5.85. The van der Waals surface area contributed by atoms with Gasteiger partial charge in [0.25, 0.3) is 5.91 Å². The quantitative estimate of drug-likeness (QED) is 0.692. The molecule has 154 valence electrons. The standard InChI is InChI=1S/C21H30N2O4S/c1-5-23(6-2)20(25)17-12(4)16(21(26)27-7-3)19(28-17)22-18(24)15-11-13-8-9-14(15)10-13/h13-15H,5-11H2,1-4H3,(H,22,24)/t13-,14+,15+/m0/s1. The zero-order valence-electron chi connectivity index (χ0n) is 17.2. The van der Waals surface area contributed by atoms with E-state index in [1.54, 1.807) is 18.7 Å². The molecule has 0 radical (unpaired) electrons. The Kier molecular flexibility index (Phi) is 6.43. The summed E-state index contributed by atoms with van der Waals surface area (Å²) in [7, 11) is 0. The van der Waals surface area contributed by atoms with Crippen LogP contribution in [0.3, 0.4) is 0 Å². The number of anilines is 1. The molecule has 1 aromatic rings. The van der Waals surface area contributed by atoms with Crippen LogP contribution in [-0.2, 0) is 9.53 Å². The lowest BCUT2D eigenvalue weighted by atomic mass is 9.88. The maximum absolute atomic E-state index is 12.9. The lowest BCUT2D eigenvalue weighted by Crippen LogP contribution is -2.30. The minimum atomic E-state index is -0.488. The Balaban J connectivity index is 1.89. The van der Waals surface area contributed by atoms with Crippen molar-refractivity contribution in [2.45, 2.75) is 53.4 Å². The molecule has 2 bridgehead atoms. The highest BCUT2D eigenvalue weighted by Gasteiger charge is 2.43. The number of nitrogens with zero attached hydrogens (tertiary/aromatic N) is 1. The zero-order valence-corrected chi connectivity index (χ0v) is 18.0. The van der Waals surface area contributed by atoms with Crippen molar-refractivity contribution in [1.29, 1.82) is 0 Å². The van der Waals surface area contributed by atoms with Crippen molar-refractivity contribution in [3.05, 3.63) is 16.0 Å². The van der Waals surface area contributed by atoms with Crippen molar-refractivity contribution in [1.82, 2.24) is 4.90 Å². The van der Waals surface area contributed by atoms with Gasteiger partial charge in [0.05, 0.1) is 17.0 Å². The van der Waals surface area contributed by atoms with E-state index in [0.29, 0.717) is 45.9 Å². The van der Waals surface area contributed by atoms with Gasteiger partial charge in [-0.3, -0.25) is 9.59 Å². The van der Waals surface area contributed by atoms with Gasteiger partial charge in [0.2, 0.25) is 5.91 Å². The van der Waals surface area contributed by atoms with Crippen molar-refractivity contribution in [2.24, 2.45) is 17.8 Å². The molecule has 0 saturated heterocycles. The Morgan fingerprint density at radius 1 is 1.14 bits per heavy atom. The molecule has 3 atom stereocenters. The first-order chi connectivity index (χ1) is 13.4. The maximum atomic E-state index is 12.9. The summed E-state index contributed by atoms with van der Waals surface area (Å²) < 4.78 is 5.20. The summed E-state index contributed by atoms with van der Waals surface area (Å²) in [6, 6.07) is 0. The molecule has 0 spiro atoms. The molecule has 7 heteroatoms. The number of thiophene rings is 1. The number of carbonyl (C=O) groups excluding carboxylic acids is 3. The third-order valence-electron chi connectivity index (χ3n) is 6.18. The molecule has 0 aliphatic heterocycles. The molecule has 6 nitrogen and oxygen atoms in total. The average molecular weight is 407 g/mol. The van der Waals surface area contributed by atoms with Gasteiger partial charge in [-0.25, -0.2) is 4.79 Å². The lowest BCUT2D eigenvalue weighted by Gasteiger charge is -2.20. The molecule has 2 aliphatic rings. The SMILES string of the molecule is CCOC(=O)c1c(NC(=O)[C@@H]2C[C@H]3CC[C@@H]2C3)sc(C(=O)N(CC)CC)c1C. The van der Waals surface area contributed by atoms with E-state index in [2.05, 4.69) is 5.32 Å². The van der Waals surface area contributed by atoms with Crippen LogP contribution >= 0.6 is 11.3 Å². The van der Waals surface area contributed by atoms with E-state index in [0.717, 1.165) is 19.3 Å². The Hall–Kier alpha value is -1.89. The molecular weight excluding hydrogens is 376 g/mol. The molecule has 1 aromatic heterocycles. The Morgan fingerprint density at radius 3 is 2.39 bits per heavy atom. The summed E-state index contributed by atoms with van der Waals surface area (Å²) in [6.07, 6.45) is 4.41. The Morgan fingerprint density at radius 2 is 1.86 bits per heavy atom. The minimum Gasteiger partial charge on any atom is -0.462 e. The number of hydrogen-bond acceptors (Lipinski definition) is 5. The Bertz CT molecular complexity index is 769. The van der Waals surface area contributed by atoms with Gasteiger partial charge in [-0.1, -0.05) is 6.42 Å². The van der Waals surface area contributed by atoms with Crippen LogP contribution in [0.5, 0.6) is 0 Å². The molecule has 1 heterocycles. The van der Waals surface area contributed by atoms with Gasteiger partial charge in [0.1, 0.15) is 5.00 Å². The topological polar surface area (TPSA) is 75.7 Å². The van der Waals surface area contributed by atoms with Crippen LogP contribution < -0.4 is 5.32 Å². The fourth-order valence-electron chi connectivity index (χ4n) is 4.68. The first-order valence-electron chi connectivity index (χ1n) is 10.3. The lowest BCUT2D eigenvalue weighted by molar-refractivity contribution is -0.121. The second kappa shape index (κ2) is 8.64. The highest BCUT2D eigenvalue weighted by Crippen LogP contribution is 2.49. The van der Waals surface area contributed by atoms with Crippen molar-refractivity contribution in [3.8, 4) is 0 Å². The van der Waals surface area contributed by atoms with Crippen molar-refractivity contribution >= 4 is 34.1 Å². The van der Waals surface area contributed by atoms with Crippen LogP contribution in [0.1, 0.15) is 72.0 Å². The Labute approximate surface area is 170 Å². The molecule has 0 aromatic carbocycles. The predicted octanol–water partition coefficient (Wildman–Crippen LogP) is 4.09. The van der Waals surface area contributed by atoms with Gasteiger partial charge < -0.3 is 15.0 Å². The van der Waals surface area contributed by atoms with Gasteiger partial charge in [-0.05, 0) is 64.4 Å².